The van der Waals surface area contributed by atoms with Crippen LogP contribution in [0, 0.1) is 11.8 Å². The smallest absolute Gasteiger partial charge is 0.407 e. The highest BCUT2D eigenvalue weighted by Gasteiger charge is 2.31. The van der Waals surface area contributed by atoms with Gasteiger partial charge in [-0.3, -0.25) is 9.59 Å². The molecule has 7 nitrogen and oxygen atoms in total. The molecule has 1 atom stereocenters. The van der Waals surface area contributed by atoms with Gasteiger partial charge in [-0.05, 0) is 18.4 Å². The molecule has 1 N–H and O–H groups in total. The molecule has 2 amide bonds. The maximum Gasteiger partial charge on any atom is 0.407 e. The minimum atomic E-state index is -0.503. The lowest BCUT2D eigenvalue weighted by Gasteiger charge is -2.22. The van der Waals surface area contributed by atoms with Crippen LogP contribution in [0.5, 0.6) is 0 Å². The third kappa shape index (κ3) is 7.31. The Balaban J connectivity index is 1.69. The molecule has 0 bridgehead atoms. The van der Waals surface area contributed by atoms with Crippen LogP contribution >= 0.6 is 0 Å². The maximum atomic E-state index is 12.0. The van der Waals surface area contributed by atoms with Gasteiger partial charge < -0.3 is 19.7 Å². The molecule has 0 aromatic heterocycles. The summed E-state index contributed by atoms with van der Waals surface area (Å²) in [6, 6.07) is 9.40. The molecule has 0 spiro atoms. The van der Waals surface area contributed by atoms with E-state index in [0.29, 0.717) is 45.2 Å². The van der Waals surface area contributed by atoms with E-state index >= 15 is 0 Å². The summed E-state index contributed by atoms with van der Waals surface area (Å²) in [5.74, 6) is 5.69. The number of amides is 2. The van der Waals surface area contributed by atoms with E-state index < -0.39 is 6.09 Å². The molecule has 150 valence electrons. The summed E-state index contributed by atoms with van der Waals surface area (Å²) in [5.41, 5.74) is 0.986. The number of hydrogen-bond donors (Lipinski definition) is 1. The van der Waals surface area contributed by atoms with Gasteiger partial charge in [-0.1, -0.05) is 36.3 Å². The number of methoxy groups -OCH3 is 1. The maximum absolute atomic E-state index is 12.0. The molecule has 1 aromatic rings. The van der Waals surface area contributed by atoms with E-state index in [0.717, 1.165) is 5.56 Å². The van der Waals surface area contributed by atoms with Crippen molar-refractivity contribution in [3.8, 4) is 11.8 Å². The van der Waals surface area contributed by atoms with Crippen LogP contribution < -0.4 is 5.32 Å². The second kappa shape index (κ2) is 11.7. The Bertz CT molecular complexity index is 723. The Morgan fingerprint density at radius 3 is 2.79 bits per heavy atom. The average Bonchev–Trinajstić information content (AvgIpc) is 3.07. The van der Waals surface area contributed by atoms with Gasteiger partial charge in [0.25, 0.3) is 0 Å². The Kier molecular flexibility index (Phi) is 8.86. The first-order valence-corrected chi connectivity index (χ1v) is 9.36. The summed E-state index contributed by atoms with van der Waals surface area (Å²) in [6.45, 7) is 0.844. The second-order valence-electron chi connectivity index (χ2n) is 6.43. The number of hydrogen-bond acceptors (Lipinski definition) is 5. The van der Waals surface area contributed by atoms with Crippen molar-refractivity contribution in [2.45, 2.75) is 44.7 Å². The van der Waals surface area contributed by atoms with Crippen molar-refractivity contribution in [1.29, 1.82) is 0 Å². The van der Waals surface area contributed by atoms with Gasteiger partial charge in [0.05, 0.1) is 19.7 Å². The van der Waals surface area contributed by atoms with Gasteiger partial charge in [0, 0.05) is 25.8 Å². The van der Waals surface area contributed by atoms with E-state index in [4.69, 9.17) is 4.74 Å². The van der Waals surface area contributed by atoms with Gasteiger partial charge >= 0.3 is 12.1 Å². The number of likely N-dealkylation sites (tertiary alicyclic amines) is 1. The van der Waals surface area contributed by atoms with Crippen molar-refractivity contribution in [3.05, 3.63) is 35.9 Å². The molecule has 1 fully saturated rings. The molecule has 0 unspecified atom stereocenters. The monoisotopic (exact) mass is 386 g/mol. The number of nitrogens with zero attached hydrogens (tertiary/aromatic N) is 1. The predicted octanol–water partition coefficient (Wildman–Crippen LogP) is 2.25. The summed E-state index contributed by atoms with van der Waals surface area (Å²) < 4.78 is 9.83. The summed E-state index contributed by atoms with van der Waals surface area (Å²) in [7, 11) is 1.36. The number of rotatable bonds is 8. The highest BCUT2D eigenvalue weighted by atomic mass is 16.5. The van der Waals surface area contributed by atoms with Crippen LogP contribution in [0.3, 0.4) is 0 Å². The molecular formula is C21H26N2O5. The number of carbonyl (C=O) groups excluding carboxylic acids is 3. The molecular weight excluding hydrogens is 360 g/mol. The average molecular weight is 386 g/mol. The molecule has 0 saturated carbocycles. The van der Waals surface area contributed by atoms with Crippen LogP contribution in [0.2, 0.25) is 0 Å². The van der Waals surface area contributed by atoms with Gasteiger partial charge in [0.15, 0.2) is 0 Å². The van der Waals surface area contributed by atoms with Crippen LogP contribution in [-0.2, 0) is 25.6 Å². The third-order valence-electron chi connectivity index (χ3n) is 4.42. The minimum Gasteiger partial charge on any atom is -0.469 e. The lowest BCUT2D eigenvalue weighted by atomic mass is 10.2. The topological polar surface area (TPSA) is 84.9 Å². The largest absolute Gasteiger partial charge is 0.469 e. The molecule has 0 aliphatic carbocycles. The number of carbonyl (C=O) groups is 3. The van der Waals surface area contributed by atoms with Crippen molar-refractivity contribution in [3.63, 3.8) is 0 Å². The van der Waals surface area contributed by atoms with Crippen molar-refractivity contribution in [2.24, 2.45) is 0 Å². The first kappa shape index (κ1) is 21.3. The van der Waals surface area contributed by atoms with Crippen LogP contribution in [0.25, 0.3) is 0 Å². The predicted molar refractivity (Wildman–Crippen MR) is 103 cm³/mol. The van der Waals surface area contributed by atoms with Crippen molar-refractivity contribution in [2.75, 3.05) is 20.3 Å². The zero-order valence-electron chi connectivity index (χ0n) is 16.1. The van der Waals surface area contributed by atoms with Crippen molar-refractivity contribution < 1.29 is 23.9 Å². The van der Waals surface area contributed by atoms with Gasteiger partial charge in [0.2, 0.25) is 5.91 Å². The number of unbranched alkanes of at least 4 members (excludes halogenated alkanes) is 1. The molecule has 0 radical (unpaired) electrons. The SMILES string of the molecule is COC(=O)CCCC#CCN1C(=O)CC[C@@H]1COC(=O)NCc1ccccc1. The Morgan fingerprint density at radius 2 is 2.04 bits per heavy atom. The highest BCUT2D eigenvalue weighted by Crippen LogP contribution is 2.18. The fourth-order valence-corrected chi connectivity index (χ4v) is 2.83. The van der Waals surface area contributed by atoms with Crippen molar-refractivity contribution in [1.82, 2.24) is 10.2 Å². The van der Waals surface area contributed by atoms with Crippen LogP contribution in [0.4, 0.5) is 4.79 Å². The number of nitrogens with one attached hydrogen (secondary N) is 1. The molecule has 1 heterocycles. The summed E-state index contributed by atoms with van der Waals surface area (Å²) in [5, 5.41) is 2.70. The second-order valence-corrected chi connectivity index (χ2v) is 6.43. The van der Waals surface area contributed by atoms with Gasteiger partial charge in [-0.2, -0.15) is 0 Å². The van der Waals surface area contributed by atoms with E-state index in [1.807, 2.05) is 30.3 Å². The fourth-order valence-electron chi connectivity index (χ4n) is 2.83. The molecule has 1 aliphatic heterocycles. The number of benzene rings is 1. The molecule has 1 aromatic carbocycles. The number of esters is 1. The van der Waals surface area contributed by atoms with Gasteiger partial charge in [0.1, 0.15) is 6.61 Å². The van der Waals surface area contributed by atoms with Crippen LogP contribution in [0.15, 0.2) is 30.3 Å². The summed E-state index contributed by atoms with van der Waals surface area (Å²) in [4.78, 5) is 36.6. The Morgan fingerprint density at radius 1 is 1.25 bits per heavy atom. The van der Waals surface area contributed by atoms with Crippen LogP contribution in [0.1, 0.15) is 37.7 Å². The first-order chi connectivity index (χ1) is 13.6. The van der Waals surface area contributed by atoms with Gasteiger partial charge in [-0.25, -0.2) is 4.79 Å². The van der Waals surface area contributed by atoms with E-state index in [1.165, 1.54) is 7.11 Å². The number of alkyl carbamates (subject to hydrolysis) is 1. The van der Waals surface area contributed by atoms with E-state index in [2.05, 4.69) is 21.9 Å². The van der Waals surface area contributed by atoms with Crippen molar-refractivity contribution >= 4 is 18.0 Å². The third-order valence-corrected chi connectivity index (χ3v) is 4.42. The summed E-state index contributed by atoms with van der Waals surface area (Å²) in [6.07, 6.45) is 2.11. The number of ether oxygens (including phenoxy) is 2. The minimum absolute atomic E-state index is 0.0159. The Labute approximate surface area is 165 Å². The molecule has 28 heavy (non-hydrogen) atoms. The zero-order valence-corrected chi connectivity index (χ0v) is 16.1. The normalized spacial score (nSPS) is 15.5. The zero-order chi connectivity index (χ0) is 20.2. The lowest BCUT2D eigenvalue weighted by molar-refractivity contribution is -0.140. The van der Waals surface area contributed by atoms with E-state index in [1.54, 1.807) is 4.90 Å². The molecule has 1 saturated heterocycles. The summed E-state index contributed by atoms with van der Waals surface area (Å²) >= 11 is 0. The lowest BCUT2D eigenvalue weighted by Crippen LogP contribution is -2.38. The van der Waals surface area contributed by atoms with Crippen LogP contribution in [-0.4, -0.2) is 49.2 Å². The molecule has 2 rings (SSSR count). The van der Waals surface area contributed by atoms with E-state index in [-0.39, 0.29) is 24.5 Å². The van der Waals surface area contributed by atoms with Gasteiger partial charge in [-0.15, -0.1) is 5.92 Å². The van der Waals surface area contributed by atoms with E-state index in [9.17, 15) is 14.4 Å². The first-order valence-electron chi connectivity index (χ1n) is 9.36. The molecule has 1 aliphatic rings. The highest BCUT2D eigenvalue weighted by molar-refractivity contribution is 5.79. The standard InChI is InChI=1S/C21H26N2O5/c1-27-20(25)11-7-2-3-8-14-23-18(12-13-19(23)24)16-28-21(26)22-15-17-9-5-4-6-10-17/h4-6,9-10,18H,2,7,11-16H2,1H3,(H,22,26)/t18-/m1/s1. The Hall–Kier alpha value is -3.01. The quantitative estimate of drug-likeness (QED) is 0.421. The molecule has 7 heteroatoms. The fraction of sp³-hybridized carbons (Fsp3) is 0.476.